The van der Waals surface area contributed by atoms with Crippen molar-refractivity contribution in [2.75, 3.05) is 5.75 Å². The lowest BCUT2D eigenvalue weighted by atomic mass is 9.96. The maximum Gasteiger partial charge on any atom is 0.308 e. The third-order valence-corrected chi connectivity index (χ3v) is 5.60. The molecule has 0 bridgehead atoms. The lowest BCUT2D eigenvalue weighted by molar-refractivity contribution is -0.131. The zero-order valence-corrected chi connectivity index (χ0v) is 15.3. The van der Waals surface area contributed by atoms with Gasteiger partial charge in [-0.05, 0) is 49.6 Å². The normalized spacial score (nSPS) is 15.8. The van der Waals surface area contributed by atoms with Crippen molar-refractivity contribution in [3.05, 3.63) is 52.6 Å². The van der Waals surface area contributed by atoms with Crippen molar-refractivity contribution in [2.24, 2.45) is 0 Å². The number of benzene rings is 2. The van der Waals surface area contributed by atoms with Gasteiger partial charge in [0.05, 0.1) is 0 Å². The number of ether oxygens (including phenoxy) is 2. The first kappa shape index (κ1) is 16.9. The number of esters is 1. The van der Waals surface area contributed by atoms with Crippen LogP contribution < -0.4 is 9.47 Å². The number of carbonyl (C=O) groups excluding carboxylic acids is 1. The Morgan fingerprint density at radius 3 is 2.54 bits per heavy atom. The van der Waals surface area contributed by atoms with E-state index < -0.39 is 0 Å². The molecule has 126 valence electrons. The van der Waals surface area contributed by atoms with Gasteiger partial charge in [-0.15, -0.1) is 11.8 Å². The van der Waals surface area contributed by atoms with Gasteiger partial charge >= 0.3 is 5.97 Å². The molecule has 0 saturated carbocycles. The fourth-order valence-electron chi connectivity index (χ4n) is 3.09. The predicted molar refractivity (Wildman–Crippen MR) is 97.2 cm³/mol. The van der Waals surface area contributed by atoms with Crippen LogP contribution >= 0.6 is 11.8 Å². The van der Waals surface area contributed by atoms with E-state index in [1.165, 1.54) is 17.4 Å². The fraction of sp³-hybridized carbons (Fsp3) is 0.350. The van der Waals surface area contributed by atoms with Gasteiger partial charge in [0, 0.05) is 29.6 Å². The van der Waals surface area contributed by atoms with Gasteiger partial charge in [0.2, 0.25) is 0 Å². The van der Waals surface area contributed by atoms with Gasteiger partial charge in [-0.1, -0.05) is 18.2 Å². The SMILES string of the molecule is CC(=O)Oc1c(C)c(C)c2c(c1C)CC(CSc1ccccc1)O2. The smallest absolute Gasteiger partial charge is 0.308 e. The van der Waals surface area contributed by atoms with Gasteiger partial charge in [-0.2, -0.15) is 0 Å². The standard InChI is InChI=1S/C20H22O3S/c1-12-13(2)20-18(14(3)19(12)22-15(4)21)10-16(23-20)11-24-17-8-6-5-7-9-17/h5-9,16H,10-11H2,1-4H3. The van der Waals surface area contributed by atoms with Crippen molar-refractivity contribution < 1.29 is 14.3 Å². The van der Waals surface area contributed by atoms with Gasteiger partial charge in [0.15, 0.2) is 0 Å². The van der Waals surface area contributed by atoms with Crippen LogP contribution in [0.3, 0.4) is 0 Å². The highest BCUT2D eigenvalue weighted by molar-refractivity contribution is 7.99. The Kier molecular flexibility index (Phi) is 4.86. The highest BCUT2D eigenvalue weighted by Crippen LogP contribution is 2.43. The first-order chi connectivity index (χ1) is 11.5. The largest absolute Gasteiger partial charge is 0.489 e. The molecule has 3 nitrogen and oxygen atoms in total. The summed E-state index contributed by atoms with van der Waals surface area (Å²) in [5.74, 6) is 2.29. The maximum atomic E-state index is 11.4. The molecule has 3 rings (SSSR count). The molecule has 0 fully saturated rings. The summed E-state index contributed by atoms with van der Waals surface area (Å²) < 4.78 is 11.7. The summed E-state index contributed by atoms with van der Waals surface area (Å²) in [5.41, 5.74) is 4.25. The molecule has 2 aromatic carbocycles. The fourth-order valence-corrected chi connectivity index (χ4v) is 4.01. The molecule has 1 aliphatic heterocycles. The Morgan fingerprint density at radius 2 is 1.88 bits per heavy atom. The van der Waals surface area contributed by atoms with E-state index in [-0.39, 0.29) is 12.1 Å². The topological polar surface area (TPSA) is 35.5 Å². The lowest BCUT2D eigenvalue weighted by Crippen LogP contribution is -2.16. The highest BCUT2D eigenvalue weighted by Gasteiger charge is 2.30. The summed E-state index contributed by atoms with van der Waals surface area (Å²) in [6, 6.07) is 10.4. The monoisotopic (exact) mass is 342 g/mol. The Morgan fingerprint density at radius 1 is 1.17 bits per heavy atom. The van der Waals surface area contributed by atoms with Crippen LogP contribution in [0.1, 0.15) is 29.2 Å². The third-order valence-electron chi connectivity index (χ3n) is 4.45. The number of thioether (sulfide) groups is 1. The Labute approximate surface area is 147 Å². The van der Waals surface area contributed by atoms with Crippen LogP contribution in [0.15, 0.2) is 35.2 Å². The Hall–Kier alpha value is -1.94. The molecular weight excluding hydrogens is 320 g/mol. The van der Waals surface area contributed by atoms with Crippen molar-refractivity contribution in [1.82, 2.24) is 0 Å². The summed E-state index contributed by atoms with van der Waals surface area (Å²) in [4.78, 5) is 12.6. The van der Waals surface area contributed by atoms with E-state index in [4.69, 9.17) is 9.47 Å². The maximum absolute atomic E-state index is 11.4. The number of fused-ring (bicyclic) bond motifs is 1. The Bertz CT molecular complexity index is 768. The average molecular weight is 342 g/mol. The van der Waals surface area contributed by atoms with Crippen LogP contribution in [0.4, 0.5) is 0 Å². The Balaban J connectivity index is 1.80. The molecule has 24 heavy (non-hydrogen) atoms. The molecule has 1 atom stereocenters. The van der Waals surface area contributed by atoms with E-state index in [1.807, 2.05) is 38.6 Å². The van der Waals surface area contributed by atoms with Crippen molar-refractivity contribution in [2.45, 2.75) is 45.1 Å². The molecule has 0 aliphatic carbocycles. The quantitative estimate of drug-likeness (QED) is 0.461. The first-order valence-corrected chi connectivity index (χ1v) is 9.11. The van der Waals surface area contributed by atoms with Gasteiger partial charge in [0.25, 0.3) is 0 Å². The number of hydrogen-bond donors (Lipinski definition) is 0. The van der Waals surface area contributed by atoms with E-state index in [1.54, 1.807) is 0 Å². The molecule has 0 saturated heterocycles. The molecule has 0 N–H and O–H groups in total. The zero-order chi connectivity index (χ0) is 17.3. The molecule has 0 spiro atoms. The minimum atomic E-state index is -0.282. The molecule has 4 heteroatoms. The summed E-state index contributed by atoms with van der Waals surface area (Å²) in [5, 5.41) is 0. The van der Waals surface area contributed by atoms with Crippen molar-refractivity contribution >= 4 is 17.7 Å². The molecule has 1 unspecified atom stereocenters. The predicted octanol–water partition coefficient (Wildman–Crippen LogP) is 4.63. The second kappa shape index (κ2) is 6.89. The number of rotatable bonds is 4. The average Bonchev–Trinajstić information content (AvgIpc) is 3.00. The van der Waals surface area contributed by atoms with Crippen LogP contribution in [0.2, 0.25) is 0 Å². The van der Waals surface area contributed by atoms with Crippen LogP contribution in [0, 0.1) is 20.8 Å². The van der Waals surface area contributed by atoms with Crippen molar-refractivity contribution in [1.29, 1.82) is 0 Å². The van der Waals surface area contributed by atoms with Gasteiger partial charge < -0.3 is 9.47 Å². The molecule has 0 amide bonds. The lowest BCUT2D eigenvalue weighted by Gasteiger charge is -2.16. The second-order valence-electron chi connectivity index (χ2n) is 6.17. The third kappa shape index (κ3) is 3.29. The molecule has 1 aliphatic rings. The van der Waals surface area contributed by atoms with Crippen molar-refractivity contribution in [3.8, 4) is 11.5 Å². The molecule has 1 heterocycles. The van der Waals surface area contributed by atoms with Crippen LogP contribution in [-0.2, 0) is 11.2 Å². The van der Waals surface area contributed by atoms with Crippen LogP contribution in [0.25, 0.3) is 0 Å². The summed E-state index contributed by atoms with van der Waals surface area (Å²) >= 11 is 1.81. The number of carbonyl (C=O) groups is 1. The van der Waals surface area contributed by atoms with E-state index in [2.05, 4.69) is 24.3 Å². The molecule has 2 aromatic rings. The van der Waals surface area contributed by atoms with E-state index >= 15 is 0 Å². The minimum absolute atomic E-state index is 0.148. The molecular formula is C20H22O3S. The highest BCUT2D eigenvalue weighted by atomic mass is 32.2. The van der Waals surface area contributed by atoms with E-state index in [0.29, 0.717) is 5.75 Å². The van der Waals surface area contributed by atoms with Crippen molar-refractivity contribution in [3.63, 3.8) is 0 Å². The summed E-state index contributed by atoms with van der Waals surface area (Å²) in [6.07, 6.45) is 1.01. The number of hydrogen-bond acceptors (Lipinski definition) is 4. The first-order valence-electron chi connectivity index (χ1n) is 8.13. The summed E-state index contributed by atoms with van der Waals surface area (Å²) in [6.45, 7) is 7.47. The van der Waals surface area contributed by atoms with Crippen LogP contribution in [0.5, 0.6) is 11.5 Å². The van der Waals surface area contributed by atoms with Crippen LogP contribution in [-0.4, -0.2) is 17.8 Å². The zero-order valence-electron chi connectivity index (χ0n) is 14.5. The minimum Gasteiger partial charge on any atom is -0.489 e. The second-order valence-corrected chi connectivity index (χ2v) is 7.27. The molecule has 0 aromatic heterocycles. The summed E-state index contributed by atoms with van der Waals surface area (Å²) in [7, 11) is 0. The van der Waals surface area contributed by atoms with E-state index in [0.717, 1.165) is 34.6 Å². The van der Waals surface area contributed by atoms with E-state index in [9.17, 15) is 4.79 Å². The van der Waals surface area contributed by atoms with Gasteiger partial charge in [-0.3, -0.25) is 4.79 Å². The van der Waals surface area contributed by atoms with Gasteiger partial charge in [0.1, 0.15) is 17.6 Å². The van der Waals surface area contributed by atoms with Gasteiger partial charge in [-0.25, -0.2) is 0 Å². The molecule has 0 radical (unpaired) electrons.